The molecule has 1 aromatic carbocycles. The van der Waals surface area contributed by atoms with Crippen LogP contribution in [0.15, 0.2) is 24.3 Å². The lowest BCUT2D eigenvalue weighted by Crippen LogP contribution is -2.43. The highest BCUT2D eigenvalue weighted by Crippen LogP contribution is 2.49. The van der Waals surface area contributed by atoms with E-state index in [4.69, 9.17) is 4.74 Å². The number of benzene rings is 1. The van der Waals surface area contributed by atoms with Crippen molar-refractivity contribution in [3.63, 3.8) is 0 Å². The van der Waals surface area contributed by atoms with Crippen molar-refractivity contribution in [2.45, 2.75) is 45.1 Å². The summed E-state index contributed by atoms with van der Waals surface area (Å²) >= 11 is 0. The summed E-state index contributed by atoms with van der Waals surface area (Å²) in [5.41, 5.74) is 1.42. The molecule has 1 aromatic rings. The van der Waals surface area contributed by atoms with E-state index in [0.717, 1.165) is 44.9 Å². The van der Waals surface area contributed by atoms with Gasteiger partial charge in [0.1, 0.15) is 5.82 Å². The highest BCUT2D eigenvalue weighted by molar-refractivity contribution is 5.19. The molecule has 2 unspecified atom stereocenters. The Morgan fingerprint density at radius 3 is 2.71 bits per heavy atom. The van der Waals surface area contributed by atoms with Gasteiger partial charge in [0.25, 0.3) is 0 Å². The Kier molecular flexibility index (Phi) is 4.60. The second-order valence-corrected chi connectivity index (χ2v) is 6.72. The molecule has 0 aromatic heterocycles. The summed E-state index contributed by atoms with van der Waals surface area (Å²) < 4.78 is 19.2. The molecule has 0 amide bonds. The summed E-state index contributed by atoms with van der Waals surface area (Å²) in [4.78, 5) is 0. The predicted molar refractivity (Wildman–Crippen MR) is 82.8 cm³/mol. The van der Waals surface area contributed by atoms with Gasteiger partial charge in [-0.25, -0.2) is 4.39 Å². The third-order valence-corrected chi connectivity index (χ3v) is 4.92. The minimum atomic E-state index is -0.154. The summed E-state index contributed by atoms with van der Waals surface area (Å²) in [6.45, 7) is 5.14. The van der Waals surface area contributed by atoms with E-state index in [1.54, 1.807) is 12.1 Å². The maximum atomic E-state index is 13.1. The molecule has 3 rings (SSSR count). The molecule has 2 aliphatic rings. The van der Waals surface area contributed by atoms with Crippen molar-refractivity contribution in [1.29, 1.82) is 0 Å². The molecule has 2 nitrogen and oxygen atoms in total. The summed E-state index contributed by atoms with van der Waals surface area (Å²) in [5, 5.41) is 3.61. The van der Waals surface area contributed by atoms with Crippen LogP contribution in [0.4, 0.5) is 4.39 Å². The molecule has 0 radical (unpaired) electrons. The molecule has 1 aliphatic heterocycles. The number of hydrogen-bond acceptors (Lipinski definition) is 2. The van der Waals surface area contributed by atoms with Crippen molar-refractivity contribution >= 4 is 0 Å². The largest absolute Gasteiger partial charge is 0.377 e. The van der Waals surface area contributed by atoms with Crippen molar-refractivity contribution in [2.75, 3.05) is 19.7 Å². The number of ether oxygens (including phenoxy) is 1. The van der Waals surface area contributed by atoms with Crippen LogP contribution in [-0.4, -0.2) is 25.8 Å². The molecule has 1 aliphatic carbocycles. The molecular weight excluding hydrogens is 265 g/mol. The molecule has 1 saturated carbocycles. The van der Waals surface area contributed by atoms with Crippen LogP contribution in [0.25, 0.3) is 0 Å². The number of rotatable bonds is 7. The lowest BCUT2D eigenvalue weighted by molar-refractivity contribution is 0.0307. The maximum absolute atomic E-state index is 13.1. The Labute approximate surface area is 127 Å². The van der Waals surface area contributed by atoms with E-state index < -0.39 is 0 Å². The van der Waals surface area contributed by atoms with Crippen molar-refractivity contribution < 1.29 is 9.13 Å². The van der Waals surface area contributed by atoms with Crippen molar-refractivity contribution in [1.82, 2.24) is 5.32 Å². The zero-order valence-corrected chi connectivity index (χ0v) is 12.9. The first-order chi connectivity index (χ1) is 10.2. The lowest BCUT2D eigenvalue weighted by atomic mass is 9.74. The normalized spacial score (nSPS) is 29.0. The Bertz CT molecular complexity index is 457. The van der Waals surface area contributed by atoms with E-state index in [0.29, 0.717) is 6.10 Å². The van der Waals surface area contributed by atoms with Gasteiger partial charge in [0.15, 0.2) is 0 Å². The molecule has 0 bridgehead atoms. The molecule has 1 saturated heterocycles. The monoisotopic (exact) mass is 291 g/mol. The zero-order valence-electron chi connectivity index (χ0n) is 12.9. The molecule has 1 N–H and O–H groups in total. The Balaban J connectivity index is 1.76. The SMILES string of the molecule is CCCNCC1(Cc2ccc(F)cc2)CCOC1C1CC1. The zero-order chi connectivity index (χ0) is 14.7. The van der Waals surface area contributed by atoms with Crippen LogP contribution in [-0.2, 0) is 11.2 Å². The van der Waals surface area contributed by atoms with Crippen molar-refractivity contribution in [3.05, 3.63) is 35.6 Å². The van der Waals surface area contributed by atoms with Crippen molar-refractivity contribution in [3.8, 4) is 0 Å². The first-order valence-electron chi connectivity index (χ1n) is 8.30. The summed E-state index contributed by atoms with van der Waals surface area (Å²) in [6.07, 6.45) is 6.26. The van der Waals surface area contributed by atoms with Gasteiger partial charge in [0, 0.05) is 18.6 Å². The van der Waals surface area contributed by atoms with Crippen LogP contribution < -0.4 is 5.32 Å². The number of hydrogen-bond donors (Lipinski definition) is 1. The molecule has 116 valence electrons. The molecule has 1 heterocycles. The highest BCUT2D eigenvalue weighted by atomic mass is 19.1. The van der Waals surface area contributed by atoms with Gasteiger partial charge in [-0.3, -0.25) is 0 Å². The third kappa shape index (κ3) is 3.46. The standard InChI is InChI=1S/C18H26FNO/c1-2-10-20-13-18(9-11-21-17(18)15-5-6-15)12-14-3-7-16(19)8-4-14/h3-4,7-8,15,17,20H,2,5-6,9-13H2,1H3. The van der Waals surface area contributed by atoms with E-state index >= 15 is 0 Å². The summed E-state index contributed by atoms with van der Waals surface area (Å²) in [7, 11) is 0. The van der Waals surface area contributed by atoms with Crippen LogP contribution in [0.1, 0.15) is 38.2 Å². The summed E-state index contributed by atoms with van der Waals surface area (Å²) in [5.74, 6) is 0.592. The quantitative estimate of drug-likeness (QED) is 0.776. The van der Waals surface area contributed by atoms with Crippen molar-refractivity contribution in [2.24, 2.45) is 11.3 Å². The van der Waals surface area contributed by atoms with E-state index in [-0.39, 0.29) is 11.2 Å². The topological polar surface area (TPSA) is 21.3 Å². The van der Waals surface area contributed by atoms with Gasteiger partial charge in [-0.05, 0) is 62.3 Å². The minimum Gasteiger partial charge on any atom is -0.377 e. The number of nitrogens with one attached hydrogen (secondary N) is 1. The van der Waals surface area contributed by atoms with Gasteiger partial charge in [-0.15, -0.1) is 0 Å². The summed E-state index contributed by atoms with van der Waals surface area (Å²) in [6, 6.07) is 7.01. The maximum Gasteiger partial charge on any atom is 0.123 e. The van der Waals surface area contributed by atoms with E-state index in [2.05, 4.69) is 12.2 Å². The lowest BCUT2D eigenvalue weighted by Gasteiger charge is -2.35. The Morgan fingerprint density at radius 2 is 2.05 bits per heavy atom. The van der Waals surface area contributed by atoms with Gasteiger partial charge in [0.2, 0.25) is 0 Å². The van der Waals surface area contributed by atoms with Gasteiger partial charge in [-0.1, -0.05) is 19.1 Å². The van der Waals surface area contributed by atoms with Gasteiger partial charge >= 0.3 is 0 Å². The molecule has 2 atom stereocenters. The number of halogens is 1. The third-order valence-electron chi connectivity index (χ3n) is 4.92. The average molecular weight is 291 g/mol. The van der Waals surface area contributed by atoms with E-state index in [9.17, 15) is 4.39 Å². The highest BCUT2D eigenvalue weighted by Gasteiger charge is 2.50. The predicted octanol–water partition coefficient (Wildman–Crippen LogP) is 3.55. The van der Waals surface area contributed by atoms with Crippen LogP contribution in [0.3, 0.4) is 0 Å². The Morgan fingerprint density at radius 1 is 1.29 bits per heavy atom. The smallest absolute Gasteiger partial charge is 0.123 e. The molecule has 0 spiro atoms. The van der Waals surface area contributed by atoms with E-state index in [1.165, 1.54) is 18.4 Å². The first-order valence-corrected chi connectivity index (χ1v) is 8.30. The van der Waals surface area contributed by atoms with Crippen LogP contribution in [0, 0.1) is 17.2 Å². The van der Waals surface area contributed by atoms with E-state index in [1.807, 2.05) is 12.1 Å². The Hall–Kier alpha value is -0.930. The van der Waals surface area contributed by atoms with Gasteiger partial charge < -0.3 is 10.1 Å². The fraction of sp³-hybridized carbons (Fsp3) is 0.667. The molecule has 3 heteroatoms. The van der Waals surface area contributed by atoms with Gasteiger partial charge in [-0.2, -0.15) is 0 Å². The second-order valence-electron chi connectivity index (χ2n) is 6.72. The second kappa shape index (κ2) is 6.45. The van der Waals surface area contributed by atoms with Crippen LogP contribution in [0.2, 0.25) is 0 Å². The fourth-order valence-electron chi connectivity index (χ4n) is 3.71. The first kappa shape index (κ1) is 15.0. The average Bonchev–Trinajstić information content (AvgIpc) is 3.24. The van der Waals surface area contributed by atoms with Crippen LogP contribution >= 0.6 is 0 Å². The molecular formula is C18H26FNO. The van der Waals surface area contributed by atoms with Crippen LogP contribution in [0.5, 0.6) is 0 Å². The molecule has 21 heavy (non-hydrogen) atoms. The fourth-order valence-corrected chi connectivity index (χ4v) is 3.71. The minimum absolute atomic E-state index is 0.154. The molecule has 2 fully saturated rings. The van der Waals surface area contributed by atoms with Gasteiger partial charge in [0.05, 0.1) is 6.10 Å².